The summed E-state index contributed by atoms with van der Waals surface area (Å²) in [5.74, 6) is -0.560. The predicted octanol–water partition coefficient (Wildman–Crippen LogP) is 0.265. The van der Waals surface area contributed by atoms with Crippen molar-refractivity contribution in [1.82, 2.24) is 9.55 Å². The normalized spacial score (nSPS) is 20.9. The Balaban J connectivity index is 1.59. The van der Waals surface area contributed by atoms with Crippen molar-refractivity contribution in [3.8, 4) is 0 Å². The number of esters is 1. The third-order valence-corrected chi connectivity index (χ3v) is 3.31. The molecule has 0 aliphatic carbocycles. The Kier molecular flexibility index (Phi) is 4.35. The molecule has 3 rings (SSSR count). The number of hydrogen-bond acceptors (Lipinski definition) is 6. The van der Waals surface area contributed by atoms with E-state index in [1.807, 2.05) is 0 Å². The summed E-state index contributed by atoms with van der Waals surface area (Å²) in [4.78, 5) is 36.8. The molecular weight excluding hydrogens is 304 g/mol. The number of aromatic nitrogens is 2. The van der Waals surface area contributed by atoms with Crippen LogP contribution in [-0.2, 0) is 14.2 Å². The van der Waals surface area contributed by atoms with E-state index >= 15 is 0 Å². The van der Waals surface area contributed by atoms with E-state index in [0.717, 1.165) is 0 Å². The summed E-state index contributed by atoms with van der Waals surface area (Å²) in [6.45, 7) is -0.908. The van der Waals surface area contributed by atoms with Crippen LogP contribution >= 0.6 is 0 Å². The zero-order valence-electron chi connectivity index (χ0n) is 12.0. The zero-order chi connectivity index (χ0) is 16.2. The first-order valence-corrected chi connectivity index (χ1v) is 6.94. The highest BCUT2D eigenvalue weighted by Crippen LogP contribution is 2.16. The maximum atomic E-state index is 11.9. The van der Waals surface area contributed by atoms with Crippen molar-refractivity contribution in [2.24, 2.45) is 0 Å². The minimum absolute atomic E-state index is 0.110. The smallest absolute Gasteiger partial charge is 0.342 e. The van der Waals surface area contributed by atoms with Crippen molar-refractivity contribution in [3.05, 3.63) is 69.0 Å². The molecule has 0 atom stereocenters. The molecule has 1 aromatic carbocycles. The maximum Gasteiger partial charge on any atom is 0.342 e. The van der Waals surface area contributed by atoms with Gasteiger partial charge in [0.1, 0.15) is 0 Å². The number of nitrogens with zero attached hydrogens (tertiary/aromatic N) is 1. The Morgan fingerprint density at radius 3 is 2.48 bits per heavy atom. The summed E-state index contributed by atoms with van der Waals surface area (Å²) in [5.41, 5.74) is -0.633. The Bertz CT molecular complexity index is 789. The average molecular weight is 318 g/mol. The molecule has 120 valence electrons. The Hall–Kier alpha value is -2.71. The van der Waals surface area contributed by atoms with E-state index in [9.17, 15) is 14.4 Å². The number of carbonyl (C=O) groups excluding carboxylic acids is 1. The van der Waals surface area contributed by atoms with Gasteiger partial charge in [0.2, 0.25) is 0 Å². The first-order chi connectivity index (χ1) is 11.1. The molecule has 1 aliphatic rings. The summed E-state index contributed by atoms with van der Waals surface area (Å²) >= 11 is 0. The molecule has 1 fully saturated rings. The van der Waals surface area contributed by atoms with Crippen LogP contribution < -0.4 is 11.2 Å². The SMILES string of the molecule is O=C(OC1OCC(n2ccc(=O)[nH]c2=O)CO1)c1ccccc1. The lowest BCUT2D eigenvalue weighted by Crippen LogP contribution is -2.41. The zero-order valence-corrected chi connectivity index (χ0v) is 12.0. The Morgan fingerprint density at radius 1 is 1.13 bits per heavy atom. The Labute approximate surface area is 130 Å². The van der Waals surface area contributed by atoms with Crippen molar-refractivity contribution < 1.29 is 19.0 Å². The van der Waals surface area contributed by atoms with Gasteiger partial charge in [-0.2, -0.15) is 0 Å². The van der Waals surface area contributed by atoms with Gasteiger partial charge in [0.15, 0.2) is 0 Å². The fourth-order valence-corrected chi connectivity index (χ4v) is 2.15. The minimum Gasteiger partial charge on any atom is -0.407 e. The number of nitrogens with one attached hydrogen (secondary N) is 1. The molecule has 0 saturated carbocycles. The predicted molar refractivity (Wildman–Crippen MR) is 77.9 cm³/mol. The van der Waals surface area contributed by atoms with Crippen molar-refractivity contribution in [3.63, 3.8) is 0 Å². The van der Waals surface area contributed by atoms with Gasteiger partial charge in [-0.15, -0.1) is 0 Å². The first kappa shape index (κ1) is 15.2. The van der Waals surface area contributed by atoms with Gasteiger partial charge >= 0.3 is 18.1 Å². The fourth-order valence-electron chi connectivity index (χ4n) is 2.15. The molecular formula is C15H14N2O6. The maximum absolute atomic E-state index is 11.9. The summed E-state index contributed by atoms with van der Waals surface area (Å²) in [6, 6.07) is 9.29. The third kappa shape index (κ3) is 3.55. The van der Waals surface area contributed by atoms with Crippen LogP contribution in [0.1, 0.15) is 16.4 Å². The van der Waals surface area contributed by atoms with Crippen molar-refractivity contribution in [1.29, 1.82) is 0 Å². The molecule has 2 heterocycles. The molecule has 23 heavy (non-hydrogen) atoms. The van der Waals surface area contributed by atoms with Crippen LogP contribution in [0.2, 0.25) is 0 Å². The number of hydrogen-bond donors (Lipinski definition) is 1. The summed E-state index contributed by atoms with van der Waals surface area (Å²) in [7, 11) is 0. The van der Waals surface area contributed by atoms with Gasteiger partial charge in [-0.3, -0.25) is 14.3 Å². The molecule has 1 aromatic heterocycles. The Morgan fingerprint density at radius 2 is 1.83 bits per heavy atom. The van der Waals surface area contributed by atoms with Gasteiger partial charge in [0, 0.05) is 12.3 Å². The highest BCUT2D eigenvalue weighted by Gasteiger charge is 2.27. The molecule has 0 amide bonds. The summed E-state index contributed by atoms with van der Waals surface area (Å²) in [5, 5.41) is 0. The van der Waals surface area contributed by atoms with Crippen molar-refractivity contribution in [2.75, 3.05) is 13.2 Å². The first-order valence-electron chi connectivity index (χ1n) is 6.94. The topological polar surface area (TPSA) is 99.6 Å². The second-order valence-corrected chi connectivity index (χ2v) is 4.90. The van der Waals surface area contributed by atoms with Crippen LogP contribution in [0.5, 0.6) is 0 Å². The average Bonchev–Trinajstić information content (AvgIpc) is 2.57. The van der Waals surface area contributed by atoms with Crippen LogP contribution in [0.15, 0.2) is 52.2 Å². The lowest BCUT2D eigenvalue weighted by Gasteiger charge is -2.29. The number of carbonyl (C=O) groups is 1. The van der Waals surface area contributed by atoms with Crippen LogP contribution in [0, 0.1) is 0 Å². The number of ether oxygens (including phenoxy) is 3. The second kappa shape index (κ2) is 6.59. The van der Waals surface area contributed by atoms with E-state index in [0.29, 0.717) is 5.56 Å². The third-order valence-electron chi connectivity index (χ3n) is 3.31. The van der Waals surface area contributed by atoms with E-state index in [1.165, 1.54) is 16.8 Å². The molecule has 8 nitrogen and oxygen atoms in total. The van der Waals surface area contributed by atoms with Gasteiger partial charge in [0.05, 0.1) is 24.8 Å². The fraction of sp³-hybridized carbons (Fsp3) is 0.267. The van der Waals surface area contributed by atoms with Crippen molar-refractivity contribution >= 4 is 5.97 Å². The highest BCUT2D eigenvalue weighted by atomic mass is 16.9. The number of aromatic amines is 1. The van der Waals surface area contributed by atoms with Gasteiger partial charge in [-0.05, 0) is 12.1 Å². The quantitative estimate of drug-likeness (QED) is 0.815. The van der Waals surface area contributed by atoms with E-state index in [1.54, 1.807) is 30.3 Å². The van der Waals surface area contributed by atoms with Crippen LogP contribution in [-0.4, -0.2) is 35.2 Å². The molecule has 8 heteroatoms. The van der Waals surface area contributed by atoms with Crippen LogP contribution in [0.3, 0.4) is 0 Å². The van der Waals surface area contributed by atoms with Gasteiger partial charge < -0.3 is 14.2 Å². The lowest BCUT2D eigenvalue weighted by molar-refractivity contribution is -0.296. The molecule has 1 saturated heterocycles. The largest absolute Gasteiger partial charge is 0.407 e. The lowest BCUT2D eigenvalue weighted by atomic mass is 10.2. The summed E-state index contributed by atoms with van der Waals surface area (Å²) in [6.07, 6.45) is 1.37. The second-order valence-electron chi connectivity index (χ2n) is 4.90. The van der Waals surface area contributed by atoms with Gasteiger partial charge in [-0.25, -0.2) is 9.59 Å². The molecule has 1 N–H and O–H groups in total. The summed E-state index contributed by atoms with van der Waals surface area (Å²) < 4.78 is 17.0. The number of H-pyrrole nitrogens is 1. The van der Waals surface area contributed by atoms with E-state index in [4.69, 9.17) is 14.2 Å². The monoisotopic (exact) mass is 318 g/mol. The van der Waals surface area contributed by atoms with Crippen LogP contribution in [0.25, 0.3) is 0 Å². The molecule has 0 bridgehead atoms. The number of benzene rings is 1. The minimum atomic E-state index is -1.13. The van der Waals surface area contributed by atoms with E-state index in [2.05, 4.69) is 4.98 Å². The molecule has 0 unspecified atom stereocenters. The van der Waals surface area contributed by atoms with E-state index < -0.39 is 29.7 Å². The van der Waals surface area contributed by atoms with Crippen LogP contribution in [0.4, 0.5) is 0 Å². The molecule has 2 aromatic rings. The number of rotatable bonds is 3. The molecule has 0 spiro atoms. The molecule has 1 aliphatic heterocycles. The van der Waals surface area contributed by atoms with Gasteiger partial charge in [-0.1, -0.05) is 18.2 Å². The van der Waals surface area contributed by atoms with Gasteiger partial charge in [0.25, 0.3) is 5.56 Å². The standard InChI is InChI=1S/C15H14N2O6/c18-12-6-7-17(14(20)16-12)11-8-21-15(22-9-11)23-13(19)10-4-2-1-3-5-10/h1-7,11,15H,8-9H2,(H,16,18,20). The highest BCUT2D eigenvalue weighted by molar-refractivity contribution is 5.89. The van der Waals surface area contributed by atoms with Crippen molar-refractivity contribution in [2.45, 2.75) is 12.5 Å². The van der Waals surface area contributed by atoms with E-state index in [-0.39, 0.29) is 13.2 Å². The molecule has 0 radical (unpaired) electrons.